The molecule has 1 aliphatic heterocycles. The molecule has 1 heterocycles. The van der Waals surface area contributed by atoms with E-state index in [9.17, 15) is 29.1 Å². The van der Waals surface area contributed by atoms with Crippen LogP contribution in [-0.4, -0.2) is 96.6 Å². The maximum absolute atomic E-state index is 13.1. The number of imide groups is 1. The molecule has 0 aromatic carbocycles. The molecule has 0 aromatic rings. The first-order chi connectivity index (χ1) is 18.8. The van der Waals surface area contributed by atoms with Crippen molar-refractivity contribution in [3.05, 3.63) is 0 Å². The summed E-state index contributed by atoms with van der Waals surface area (Å²) in [6.07, 6.45) is 5.25. The number of aliphatic hydroxyl groups is 1. The Balaban J connectivity index is 2.54. The fourth-order valence-corrected chi connectivity index (χ4v) is 4.69. The third kappa shape index (κ3) is 13.0. The Morgan fingerprint density at radius 2 is 1.60 bits per heavy atom. The number of nitrogens with one attached hydrogen (secondary N) is 1. The maximum Gasteiger partial charge on any atom is 0.305 e. The molecule has 0 saturated carbocycles. The van der Waals surface area contributed by atoms with Gasteiger partial charge in [0.15, 0.2) is 0 Å². The number of aliphatic hydroxyl groups excluding tert-OH is 1. The van der Waals surface area contributed by atoms with Gasteiger partial charge in [0, 0.05) is 51.5 Å². The number of rotatable bonds is 23. The van der Waals surface area contributed by atoms with Crippen molar-refractivity contribution in [2.24, 2.45) is 0 Å². The van der Waals surface area contributed by atoms with E-state index in [0.29, 0.717) is 38.7 Å². The number of hydrogen-bond donors (Lipinski definition) is 2. The van der Waals surface area contributed by atoms with E-state index in [1.165, 1.54) is 0 Å². The lowest BCUT2D eigenvalue weighted by Crippen LogP contribution is -2.53. The summed E-state index contributed by atoms with van der Waals surface area (Å²) in [5.41, 5.74) is -1.46. The van der Waals surface area contributed by atoms with Crippen molar-refractivity contribution in [1.29, 1.82) is 0 Å². The monoisotopic (exact) mass is 570 g/mol. The number of nitrogens with zero attached hydrogens (tertiary/aromatic N) is 1. The number of ether oxygens (including phenoxy) is 3. The molecule has 1 rings (SSSR count). The van der Waals surface area contributed by atoms with Crippen molar-refractivity contribution < 1.29 is 43.3 Å². The molecule has 1 aliphatic rings. The quantitative estimate of drug-likeness (QED) is 0.107. The van der Waals surface area contributed by atoms with Gasteiger partial charge in [0.2, 0.25) is 11.8 Å². The molecule has 40 heavy (non-hydrogen) atoms. The first kappa shape index (κ1) is 35.8. The van der Waals surface area contributed by atoms with Crippen LogP contribution in [0.5, 0.6) is 0 Å². The average molecular weight is 571 g/mol. The van der Waals surface area contributed by atoms with Gasteiger partial charge >= 0.3 is 5.97 Å². The van der Waals surface area contributed by atoms with Gasteiger partial charge in [-0.1, -0.05) is 0 Å². The fraction of sp³-hybridized carbons (Fsp3) is 0.828. The second kappa shape index (κ2) is 17.6. The van der Waals surface area contributed by atoms with E-state index in [1.807, 2.05) is 27.7 Å². The molecule has 0 aliphatic carbocycles. The summed E-state index contributed by atoms with van der Waals surface area (Å²) < 4.78 is 16.7. The van der Waals surface area contributed by atoms with Crippen molar-refractivity contribution in [2.45, 2.75) is 121 Å². The topological polar surface area (TPSA) is 149 Å². The third-order valence-electron chi connectivity index (χ3n) is 7.50. The number of carbonyl (C=O) groups excluding carboxylic acids is 5. The minimum Gasteiger partial charge on any atom is -0.466 e. The number of likely N-dealkylation sites (tertiary alicyclic amines) is 1. The van der Waals surface area contributed by atoms with Crippen molar-refractivity contribution in [3.63, 3.8) is 0 Å². The van der Waals surface area contributed by atoms with Crippen LogP contribution in [0.1, 0.15) is 98.3 Å². The van der Waals surface area contributed by atoms with E-state index in [-0.39, 0.29) is 69.3 Å². The molecule has 0 bridgehead atoms. The van der Waals surface area contributed by atoms with Crippen LogP contribution in [0.4, 0.5) is 0 Å². The van der Waals surface area contributed by atoms with Crippen LogP contribution in [0, 0.1) is 0 Å². The predicted molar refractivity (Wildman–Crippen MR) is 148 cm³/mol. The number of methoxy groups -OCH3 is 1. The van der Waals surface area contributed by atoms with Gasteiger partial charge < -0.3 is 28.9 Å². The minimum absolute atomic E-state index is 0.0387. The lowest BCUT2D eigenvalue weighted by molar-refractivity contribution is -0.147. The average Bonchev–Trinajstić information content (AvgIpc) is 3.16. The van der Waals surface area contributed by atoms with Gasteiger partial charge in [0.1, 0.15) is 12.6 Å². The Bertz CT molecular complexity index is 816. The summed E-state index contributed by atoms with van der Waals surface area (Å²) in [6.45, 7) is 8.60. The molecular weight excluding hydrogens is 520 g/mol. The highest BCUT2D eigenvalue weighted by Gasteiger charge is 2.42. The fourth-order valence-electron chi connectivity index (χ4n) is 4.69. The lowest BCUT2D eigenvalue weighted by atomic mass is 9.83. The number of carbonyl (C=O) groups is 5. The zero-order chi connectivity index (χ0) is 30.2. The molecule has 230 valence electrons. The van der Waals surface area contributed by atoms with Crippen molar-refractivity contribution in [2.75, 3.05) is 33.5 Å². The van der Waals surface area contributed by atoms with Crippen LogP contribution in [0.2, 0.25) is 0 Å². The molecule has 1 fully saturated rings. The molecule has 11 heteroatoms. The Kier molecular flexibility index (Phi) is 15.7. The largest absolute Gasteiger partial charge is 0.466 e. The molecule has 1 unspecified atom stereocenters. The highest BCUT2D eigenvalue weighted by atomic mass is 16.5. The predicted octanol–water partition coefficient (Wildman–Crippen LogP) is 2.50. The molecule has 1 atom stereocenters. The summed E-state index contributed by atoms with van der Waals surface area (Å²) in [4.78, 5) is 61.2. The van der Waals surface area contributed by atoms with Gasteiger partial charge in [-0.25, -0.2) is 0 Å². The van der Waals surface area contributed by atoms with Gasteiger partial charge in [-0.3, -0.25) is 24.6 Å². The highest BCUT2D eigenvalue weighted by molar-refractivity contribution is 6.05. The lowest BCUT2D eigenvalue weighted by Gasteiger charge is -2.36. The summed E-state index contributed by atoms with van der Waals surface area (Å²) >= 11 is 0. The smallest absolute Gasteiger partial charge is 0.305 e. The summed E-state index contributed by atoms with van der Waals surface area (Å²) in [5, 5.41) is 12.6. The molecule has 2 N–H and O–H groups in total. The van der Waals surface area contributed by atoms with Crippen LogP contribution >= 0.6 is 0 Å². The Morgan fingerprint density at radius 3 is 2.17 bits per heavy atom. The van der Waals surface area contributed by atoms with Gasteiger partial charge in [-0.2, -0.15) is 0 Å². The zero-order valence-electron chi connectivity index (χ0n) is 25.0. The Morgan fingerprint density at radius 1 is 0.975 bits per heavy atom. The summed E-state index contributed by atoms with van der Waals surface area (Å²) in [7, 11) is 1.66. The van der Waals surface area contributed by atoms with Gasteiger partial charge in [0.25, 0.3) is 0 Å². The normalized spacial score (nSPS) is 16.4. The van der Waals surface area contributed by atoms with E-state index in [0.717, 1.165) is 23.9 Å². The third-order valence-corrected chi connectivity index (χ3v) is 7.50. The van der Waals surface area contributed by atoms with Crippen LogP contribution in [-0.2, 0) is 38.2 Å². The minimum atomic E-state index is -0.784. The van der Waals surface area contributed by atoms with E-state index >= 15 is 0 Å². The van der Waals surface area contributed by atoms with Gasteiger partial charge in [-0.15, -0.1) is 0 Å². The van der Waals surface area contributed by atoms with Crippen molar-refractivity contribution in [3.8, 4) is 0 Å². The standard InChI is InChI=1S/C29H50N2O9/c1-27(2,38-5)15-21-40-28(3,4)14-20-39-25(36)10-6-16-31-24(35)22-23(26(31)37)30-29(11-7-17-32,12-8-18-33)13-9-19-34/h17-18,23,30,34H,6-16,19-22H2,1-5H3. The van der Waals surface area contributed by atoms with E-state index in [1.54, 1.807) is 7.11 Å². The first-order valence-corrected chi connectivity index (χ1v) is 14.3. The second-order valence-corrected chi connectivity index (χ2v) is 11.7. The van der Waals surface area contributed by atoms with Crippen LogP contribution in [0.15, 0.2) is 0 Å². The molecule has 1 saturated heterocycles. The van der Waals surface area contributed by atoms with Gasteiger partial charge in [0.05, 0.1) is 36.9 Å². The molecular formula is C29H50N2O9. The summed E-state index contributed by atoms with van der Waals surface area (Å²) in [6, 6.07) is -0.784. The summed E-state index contributed by atoms with van der Waals surface area (Å²) in [5.74, 6) is -1.14. The van der Waals surface area contributed by atoms with Crippen LogP contribution in [0.25, 0.3) is 0 Å². The van der Waals surface area contributed by atoms with E-state index in [4.69, 9.17) is 14.2 Å². The first-order valence-electron chi connectivity index (χ1n) is 14.3. The van der Waals surface area contributed by atoms with E-state index < -0.39 is 23.2 Å². The van der Waals surface area contributed by atoms with Gasteiger partial charge in [-0.05, 0) is 66.2 Å². The SMILES string of the molecule is COC(C)(C)CCOC(C)(C)CCOC(=O)CCCN1C(=O)CC(NC(CCC=O)(CCC=O)CCCO)C1=O. The second-order valence-electron chi connectivity index (χ2n) is 11.7. The number of aldehydes is 2. The Hall–Kier alpha value is -2.21. The maximum atomic E-state index is 13.1. The molecule has 0 radical (unpaired) electrons. The van der Waals surface area contributed by atoms with E-state index in [2.05, 4.69) is 5.32 Å². The number of amides is 2. The molecule has 0 aromatic heterocycles. The van der Waals surface area contributed by atoms with Crippen molar-refractivity contribution in [1.82, 2.24) is 10.2 Å². The number of esters is 1. The molecule has 0 spiro atoms. The number of hydrogen-bond acceptors (Lipinski definition) is 10. The molecule has 11 nitrogen and oxygen atoms in total. The van der Waals surface area contributed by atoms with Crippen LogP contribution < -0.4 is 5.32 Å². The van der Waals surface area contributed by atoms with Crippen LogP contribution in [0.3, 0.4) is 0 Å². The zero-order valence-corrected chi connectivity index (χ0v) is 25.0. The Labute approximate surface area is 238 Å². The van der Waals surface area contributed by atoms with Crippen molar-refractivity contribution >= 4 is 30.4 Å². The molecule has 2 amide bonds. The highest BCUT2D eigenvalue weighted by Crippen LogP contribution is 2.28.